The van der Waals surface area contributed by atoms with Gasteiger partial charge in [-0.2, -0.15) is 5.10 Å². The van der Waals surface area contributed by atoms with E-state index in [1.54, 1.807) is 10.9 Å². The van der Waals surface area contributed by atoms with Gasteiger partial charge >= 0.3 is 11.9 Å². The molecule has 0 amide bonds. The summed E-state index contributed by atoms with van der Waals surface area (Å²) in [5.41, 5.74) is 0.892. The van der Waals surface area contributed by atoms with E-state index in [0.29, 0.717) is 17.8 Å². The maximum Gasteiger partial charge on any atom is 0.433 e. The molecule has 0 aromatic carbocycles. The predicted octanol–water partition coefficient (Wildman–Crippen LogP) is 1.97. The zero-order valence-corrected chi connectivity index (χ0v) is 11.3. The molecule has 0 aliphatic carbocycles. The van der Waals surface area contributed by atoms with Crippen LogP contribution in [0.1, 0.15) is 19.4 Å². The first-order valence-corrected chi connectivity index (χ1v) is 6.04. The fraction of sp³-hybridized carbons (Fsp3) is 0.250. The van der Waals surface area contributed by atoms with Gasteiger partial charge in [-0.25, -0.2) is 4.79 Å². The van der Waals surface area contributed by atoms with Crippen LogP contribution in [0.4, 0.5) is 5.88 Å². The minimum atomic E-state index is -0.632. The molecule has 0 saturated carbocycles. The van der Waals surface area contributed by atoms with Crippen LogP contribution < -0.4 is 0 Å². The van der Waals surface area contributed by atoms with E-state index in [2.05, 4.69) is 15.1 Å². The van der Waals surface area contributed by atoms with Crippen molar-refractivity contribution in [1.29, 1.82) is 0 Å². The van der Waals surface area contributed by atoms with Gasteiger partial charge in [0.2, 0.25) is 0 Å². The van der Waals surface area contributed by atoms with Gasteiger partial charge in [0, 0.05) is 25.2 Å². The molecule has 21 heavy (non-hydrogen) atoms. The highest BCUT2D eigenvalue weighted by atomic mass is 16.7. The highest BCUT2D eigenvalue weighted by Crippen LogP contribution is 2.26. The summed E-state index contributed by atoms with van der Waals surface area (Å²) in [6.07, 6.45) is 2.96. The van der Waals surface area contributed by atoms with Gasteiger partial charge in [0.1, 0.15) is 10.6 Å². The molecule has 0 spiro atoms. The lowest BCUT2D eigenvalue weighted by molar-refractivity contribution is -0.401. The molecule has 0 fully saturated rings. The quantitative estimate of drug-likeness (QED) is 0.360. The molecule has 110 valence electrons. The summed E-state index contributed by atoms with van der Waals surface area (Å²) < 4.78 is 6.72. The Morgan fingerprint density at radius 1 is 1.62 bits per heavy atom. The standard InChI is InChI=1S/C12H12N4O5/c1-3-15-7-9(6-13-21-8(2)17)12(14-15)10-4-5-11(20-10)16(18)19/h4-7H,3H2,1-2H3. The van der Waals surface area contributed by atoms with Crippen molar-refractivity contribution in [2.75, 3.05) is 0 Å². The van der Waals surface area contributed by atoms with Crippen LogP contribution in [0.5, 0.6) is 0 Å². The smallest absolute Gasteiger partial charge is 0.399 e. The van der Waals surface area contributed by atoms with Crippen molar-refractivity contribution < 1.29 is 19.0 Å². The van der Waals surface area contributed by atoms with Gasteiger partial charge in [-0.1, -0.05) is 5.16 Å². The number of furan rings is 1. The minimum absolute atomic E-state index is 0.234. The topological polar surface area (TPSA) is 113 Å². The first kappa shape index (κ1) is 14.4. The summed E-state index contributed by atoms with van der Waals surface area (Å²) in [5, 5.41) is 18.4. The van der Waals surface area contributed by atoms with Gasteiger partial charge < -0.3 is 9.25 Å². The molecule has 2 aromatic heterocycles. The van der Waals surface area contributed by atoms with Crippen LogP contribution in [0.3, 0.4) is 0 Å². The van der Waals surface area contributed by atoms with Crippen molar-refractivity contribution in [1.82, 2.24) is 9.78 Å². The second kappa shape index (κ2) is 5.99. The summed E-state index contributed by atoms with van der Waals surface area (Å²) in [6.45, 7) is 3.70. The number of nitro groups is 1. The van der Waals surface area contributed by atoms with E-state index in [1.165, 1.54) is 25.3 Å². The summed E-state index contributed by atoms with van der Waals surface area (Å²) >= 11 is 0. The Hall–Kier alpha value is -2.97. The molecule has 0 N–H and O–H groups in total. The maximum absolute atomic E-state index is 10.7. The number of aryl methyl sites for hydroxylation is 1. The van der Waals surface area contributed by atoms with E-state index < -0.39 is 10.9 Å². The average Bonchev–Trinajstić information content (AvgIpc) is 3.03. The summed E-state index contributed by atoms with van der Waals surface area (Å²) in [7, 11) is 0. The third-order valence-corrected chi connectivity index (χ3v) is 2.49. The molecule has 0 unspecified atom stereocenters. The van der Waals surface area contributed by atoms with Crippen LogP contribution in [-0.4, -0.2) is 26.9 Å². The zero-order valence-electron chi connectivity index (χ0n) is 11.3. The van der Waals surface area contributed by atoms with Crippen molar-refractivity contribution in [3.63, 3.8) is 0 Å². The fourth-order valence-corrected chi connectivity index (χ4v) is 1.60. The zero-order chi connectivity index (χ0) is 15.4. The van der Waals surface area contributed by atoms with Crippen LogP contribution in [0.15, 0.2) is 27.9 Å². The number of aromatic nitrogens is 2. The number of rotatable bonds is 5. The lowest BCUT2D eigenvalue weighted by Gasteiger charge is -1.93. The third-order valence-electron chi connectivity index (χ3n) is 2.49. The van der Waals surface area contributed by atoms with E-state index in [0.717, 1.165) is 0 Å². The van der Waals surface area contributed by atoms with E-state index in [-0.39, 0.29) is 11.6 Å². The first-order chi connectivity index (χ1) is 10.0. The lowest BCUT2D eigenvalue weighted by atomic mass is 10.2. The summed E-state index contributed by atoms with van der Waals surface area (Å²) in [6, 6.07) is 2.69. The van der Waals surface area contributed by atoms with Gasteiger partial charge in [-0.3, -0.25) is 14.8 Å². The molecule has 0 radical (unpaired) electrons. The number of carbonyl (C=O) groups is 1. The SMILES string of the molecule is CCn1cc(C=NOC(C)=O)c(-c2ccc([N+](=O)[O-])o2)n1. The third kappa shape index (κ3) is 3.32. The highest BCUT2D eigenvalue weighted by Gasteiger charge is 2.18. The summed E-state index contributed by atoms with van der Waals surface area (Å²) in [5.74, 6) is -0.693. The molecule has 0 aliphatic heterocycles. The van der Waals surface area contributed by atoms with Crippen molar-refractivity contribution in [3.05, 3.63) is 34.0 Å². The Morgan fingerprint density at radius 3 is 2.95 bits per heavy atom. The fourth-order valence-electron chi connectivity index (χ4n) is 1.60. The maximum atomic E-state index is 10.7. The Morgan fingerprint density at radius 2 is 2.38 bits per heavy atom. The second-order valence-electron chi connectivity index (χ2n) is 4.00. The van der Waals surface area contributed by atoms with Gasteiger partial charge in [0.25, 0.3) is 0 Å². The van der Waals surface area contributed by atoms with Crippen LogP contribution >= 0.6 is 0 Å². The Balaban J connectivity index is 2.36. The van der Waals surface area contributed by atoms with Crippen molar-refractivity contribution in [2.24, 2.45) is 5.16 Å². The van der Waals surface area contributed by atoms with Crippen molar-refractivity contribution in [3.8, 4) is 11.5 Å². The van der Waals surface area contributed by atoms with Gasteiger partial charge in [-0.05, 0) is 13.0 Å². The Labute approximate surface area is 118 Å². The van der Waals surface area contributed by atoms with Crippen molar-refractivity contribution >= 4 is 18.1 Å². The second-order valence-corrected chi connectivity index (χ2v) is 4.00. The van der Waals surface area contributed by atoms with E-state index >= 15 is 0 Å². The van der Waals surface area contributed by atoms with E-state index in [9.17, 15) is 14.9 Å². The van der Waals surface area contributed by atoms with E-state index in [1.807, 2.05) is 6.92 Å². The molecule has 2 aromatic rings. The molecule has 9 heteroatoms. The first-order valence-electron chi connectivity index (χ1n) is 6.04. The molecular formula is C12H12N4O5. The van der Waals surface area contributed by atoms with Gasteiger partial charge in [-0.15, -0.1) is 0 Å². The Bertz CT molecular complexity index is 700. The minimum Gasteiger partial charge on any atom is -0.399 e. The van der Waals surface area contributed by atoms with Crippen molar-refractivity contribution in [2.45, 2.75) is 20.4 Å². The van der Waals surface area contributed by atoms with E-state index in [4.69, 9.17) is 4.42 Å². The van der Waals surface area contributed by atoms with Crippen LogP contribution in [0.25, 0.3) is 11.5 Å². The number of carbonyl (C=O) groups excluding carboxylic acids is 1. The van der Waals surface area contributed by atoms with Gasteiger partial charge in [0.05, 0.1) is 12.3 Å². The average molecular weight is 292 g/mol. The predicted molar refractivity (Wildman–Crippen MR) is 71.6 cm³/mol. The molecule has 0 bridgehead atoms. The molecule has 2 rings (SSSR count). The molecular weight excluding hydrogens is 280 g/mol. The Kier molecular flexibility index (Phi) is 4.12. The number of nitrogens with zero attached hydrogens (tertiary/aromatic N) is 4. The lowest BCUT2D eigenvalue weighted by Crippen LogP contribution is -1.93. The van der Waals surface area contributed by atoms with Crippen LogP contribution in [0, 0.1) is 10.1 Å². The summed E-state index contributed by atoms with van der Waals surface area (Å²) in [4.78, 5) is 25.2. The van der Waals surface area contributed by atoms with Gasteiger partial charge in [0.15, 0.2) is 5.76 Å². The molecule has 0 aliphatic rings. The number of hydrogen-bond donors (Lipinski definition) is 0. The molecule has 2 heterocycles. The monoisotopic (exact) mass is 292 g/mol. The normalized spacial score (nSPS) is 11.0. The number of hydrogen-bond acceptors (Lipinski definition) is 7. The largest absolute Gasteiger partial charge is 0.433 e. The molecule has 0 saturated heterocycles. The van der Waals surface area contributed by atoms with Crippen LogP contribution in [-0.2, 0) is 16.2 Å². The molecule has 9 nitrogen and oxygen atoms in total. The number of oxime groups is 1. The van der Waals surface area contributed by atoms with Crippen LogP contribution in [0.2, 0.25) is 0 Å². The molecule has 0 atom stereocenters. The highest BCUT2D eigenvalue weighted by molar-refractivity contribution is 5.87.